The number of aromatic nitrogens is 1. The number of rotatable bonds is 3. The summed E-state index contributed by atoms with van der Waals surface area (Å²) in [6.07, 6.45) is 4.76. The Balaban J connectivity index is 2.11. The van der Waals surface area contributed by atoms with Crippen molar-refractivity contribution in [2.75, 3.05) is 27.2 Å². The molecule has 1 aromatic heterocycles. The number of aryl methyl sites for hydroxylation is 1. The van der Waals surface area contributed by atoms with Gasteiger partial charge in [-0.1, -0.05) is 12.8 Å². The molecule has 0 aromatic carbocycles. The van der Waals surface area contributed by atoms with Crippen molar-refractivity contribution in [3.63, 3.8) is 0 Å². The van der Waals surface area contributed by atoms with Crippen LogP contribution in [-0.4, -0.2) is 47.9 Å². The Bertz CT molecular complexity index is 434. The molecule has 2 rings (SSSR count). The first-order chi connectivity index (χ1) is 9.08. The van der Waals surface area contributed by atoms with Crippen LogP contribution in [0.3, 0.4) is 0 Å². The second-order valence-electron chi connectivity index (χ2n) is 5.47. The molecule has 0 bridgehead atoms. The average molecular weight is 281 g/mol. The fourth-order valence-corrected chi connectivity index (χ4v) is 3.56. The molecule has 1 amide bonds. The molecule has 5 heteroatoms. The molecule has 0 N–H and O–H groups in total. The maximum absolute atomic E-state index is 12.6. The van der Waals surface area contributed by atoms with Gasteiger partial charge >= 0.3 is 0 Å². The van der Waals surface area contributed by atoms with Gasteiger partial charge in [0, 0.05) is 19.6 Å². The second kappa shape index (κ2) is 6.48. The summed E-state index contributed by atoms with van der Waals surface area (Å²) < 4.78 is 0. The van der Waals surface area contributed by atoms with Gasteiger partial charge in [0.15, 0.2) is 0 Å². The molecule has 0 spiro atoms. The van der Waals surface area contributed by atoms with E-state index in [0.717, 1.165) is 48.1 Å². The van der Waals surface area contributed by atoms with Crippen molar-refractivity contribution in [1.29, 1.82) is 0 Å². The molecule has 1 aliphatic rings. The van der Waals surface area contributed by atoms with E-state index in [-0.39, 0.29) is 5.91 Å². The van der Waals surface area contributed by atoms with Gasteiger partial charge in [-0.25, -0.2) is 4.98 Å². The third-order valence-corrected chi connectivity index (χ3v) is 4.51. The first kappa shape index (κ1) is 14.5. The van der Waals surface area contributed by atoms with E-state index < -0.39 is 0 Å². The van der Waals surface area contributed by atoms with E-state index in [1.54, 1.807) is 11.3 Å². The Morgan fingerprint density at radius 2 is 1.89 bits per heavy atom. The van der Waals surface area contributed by atoms with Crippen molar-refractivity contribution in [1.82, 2.24) is 14.8 Å². The fourth-order valence-electron chi connectivity index (χ4n) is 2.41. The number of hydrogen-bond acceptors (Lipinski definition) is 4. The highest BCUT2D eigenvalue weighted by Gasteiger charge is 2.22. The molecule has 19 heavy (non-hydrogen) atoms. The summed E-state index contributed by atoms with van der Waals surface area (Å²) in [5, 5.41) is 1.03. The van der Waals surface area contributed by atoms with Crippen molar-refractivity contribution in [3.8, 4) is 0 Å². The lowest BCUT2D eigenvalue weighted by Crippen LogP contribution is -2.31. The van der Waals surface area contributed by atoms with Crippen molar-refractivity contribution in [3.05, 3.63) is 15.6 Å². The van der Waals surface area contributed by atoms with Crippen LogP contribution in [0.15, 0.2) is 0 Å². The van der Waals surface area contributed by atoms with Gasteiger partial charge in [-0.2, -0.15) is 0 Å². The minimum absolute atomic E-state index is 0.182. The highest BCUT2D eigenvalue weighted by molar-refractivity contribution is 7.13. The number of amides is 1. The standard InChI is InChI=1S/C14H23N3OS/c1-11-13(19-12(15-11)10-16(2)3)14(18)17-8-6-4-5-7-9-17/h4-10H2,1-3H3. The Kier molecular flexibility index (Phi) is 4.93. The maximum atomic E-state index is 12.6. The van der Waals surface area contributed by atoms with Gasteiger partial charge in [-0.05, 0) is 33.9 Å². The lowest BCUT2D eigenvalue weighted by molar-refractivity contribution is 0.0765. The van der Waals surface area contributed by atoms with Crippen LogP contribution in [-0.2, 0) is 6.54 Å². The van der Waals surface area contributed by atoms with E-state index in [9.17, 15) is 4.79 Å². The van der Waals surface area contributed by atoms with Gasteiger partial charge < -0.3 is 9.80 Å². The lowest BCUT2D eigenvalue weighted by atomic mass is 10.2. The maximum Gasteiger partial charge on any atom is 0.265 e. The van der Waals surface area contributed by atoms with E-state index >= 15 is 0 Å². The summed E-state index contributed by atoms with van der Waals surface area (Å²) in [6.45, 7) is 4.55. The Morgan fingerprint density at radius 3 is 2.47 bits per heavy atom. The summed E-state index contributed by atoms with van der Waals surface area (Å²) >= 11 is 1.55. The summed E-state index contributed by atoms with van der Waals surface area (Å²) in [5.41, 5.74) is 0.885. The lowest BCUT2D eigenvalue weighted by Gasteiger charge is -2.19. The normalized spacial score (nSPS) is 16.7. The first-order valence-corrected chi connectivity index (χ1v) is 7.80. The molecule has 0 atom stereocenters. The monoisotopic (exact) mass is 281 g/mol. The van der Waals surface area contributed by atoms with E-state index in [2.05, 4.69) is 9.88 Å². The summed E-state index contributed by atoms with van der Waals surface area (Å²) in [4.78, 5) is 22.0. The van der Waals surface area contributed by atoms with Gasteiger partial charge in [0.05, 0.1) is 5.69 Å². The molecule has 2 heterocycles. The minimum atomic E-state index is 0.182. The van der Waals surface area contributed by atoms with Gasteiger partial charge in [0.2, 0.25) is 0 Å². The number of thiazole rings is 1. The molecule has 0 aliphatic carbocycles. The first-order valence-electron chi connectivity index (χ1n) is 6.98. The van der Waals surface area contributed by atoms with Crippen LogP contribution in [0.5, 0.6) is 0 Å². The third kappa shape index (κ3) is 3.76. The van der Waals surface area contributed by atoms with Crippen LogP contribution in [0.4, 0.5) is 0 Å². The number of carbonyl (C=O) groups is 1. The molecular weight excluding hydrogens is 258 g/mol. The zero-order valence-corrected chi connectivity index (χ0v) is 12.9. The summed E-state index contributed by atoms with van der Waals surface area (Å²) in [6, 6.07) is 0. The molecule has 1 aromatic rings. The van der Waals surface area contributed by atoms with Gasteiger partial charge in [0.1, 0.15) is 9.88 Å². The van der Waals surface area contributed by atoms with E-state index in [0.29, 0.717) is 0 Å². The molecule has 4 nitrogen and oxygen atoms in total. The molecule has 106 valence electrons. The van der Waals surface area contributed by atoms with Crippen LogP contribution in [0.1, 0.15) is 46.1 Å². The van der Waals surface area contributed by atoms with E-state index in [1.807, 2.05) is 25.9 Å². The predicted molar refractivity (Wildman–Crippen MR) is 78.6 cm³/mol. The highest BCUT2D eigenvalue weighted by atomic mass is 32.1. The van der Waals surface area contributed by atoms with E-state index in [4.69, 9.17) is 0 Å². The van der Waals surface area contributed by atoms with Crippen LogP contribution < -0.4 is 0 Å². The van der Waals surface area contributed by atoms with Gasteiger partial charge in [-0.15, -0.1) is 11.3 Å². The van der Waals surface area contributed by atoms with Crippen LogP contribution >= 0.6 is 11.3 Å². The Morgan fingerprint density at radius 1 is 1.26 bits per heavy atom. The van der Waals surface area contributed by atoms with Crippen LogP contribution in [0.2, 0.25) is 0 Å². The van der Waals surface area contributed by atoms with Gasteiger partial charge in [-0.3, -0.25) is 4.79 Å². The molecular formula is C14H23N3OS. The summed E-state index contributed by atoms with van der Waals surface area (Å²) in [5.74, 6) is 0.182. The van der Waals surface area contributed by atoms with Crippen molar-refractivity contribution < 1.29 is 4.79 Å². The van der Waals surface area contributed by atoms with Gasteiger partial charge in [0.25, 0.3) is 5.91 Å². The molecule has 1 saturated heterocycles. The Labute approximate surface area is 119 Å². The fraction of sp³-hybridized carbons (Fsp3) is 0.714. The summed E-state index contributed by atoms with van der Waals surface area (Å²) in [7, 11) is 4.04. The number of likely N-dealkylation sites (tertiary alicyclic amines) is 1. The predicted octanol–water partition coefficient (Wildman–Crippen LogP) is 2.53. The van der Waals surface area contributed by atoms with Crippen molar-refractivity contribution in [2.45, 2.75) is 39.2 Å². The molecule has 0 unspecified atom stereocenters. The smallest absolute Gasteiger partial charge is 0.265 e. The second-order valence-corrected chi connectivity index (χ2v) is 6.55. The topological polar surface area (TPSA) is 36.4 Å². The van der Waals surface area contributed by atoms with E-state index in [1.165, 1.54) is 12.8 Å². The average Bonchev–Trinajstić information content (AvgIpc) is 2.57. The SMILES string of the molecule is Cc1nc(CN(C)C)sc1C(=O)N1CCCCCC1. The molecule has 0 radical (unpaired) electrons. The number of carbonyl (C=O) groups excluding carboxylic acids is 1. The Hall–Kier alpha value is -0.940. The highest BCUT2D eigenvalue weighted by Crippen LogP contribution is 2.22. The zero-order chi connectivity index (χ0) is 13.8. The zero-order valence-electron chi connectivity index (χ0n) is 12.1. The molecule has 0 saturated carbocycles. The van der Waals surface area contributed by atoms with Crippen molar-refractivity contribution >= 4 is 17.2 Å². The van der Waals surface area contributed by atoms with Crippen LogP contribution in [0.25, 0.3) is 0 Å². The van der Waals surface area contributed by atoms with Crippen molar-refractivity contribution in [2.24, 2.45) is 0 Å². The number of hydrogen-bond donors (Lipinski definition) is 0. The number of nitrogens with zero attached hydrogens (tertiary/aromatic N) is 3. The van der Waals surface area contributed by atoms with Crippen LogP contribution in [0, 0.1) is 6.92 Å². The minimum Gasteiger partial charge on any atom is -0.338 e. The molecule has 1 fully saturated rings. The largest absolute Gasteiger partial charge is 0.338 e. The molecule has 1 aliphatic heterocycles. The quantitative estimate of drug-likeness (QED) is 0.854. The third-order valence-electron chi connectivity index (χ3n) is 3.38.